The zero-order valence-corrected chi connectivity index (χ0v) is 10.9. The van der Waals surface area contributed by atoms with E-state index in [1.165, 1.54) is 25.7 Å². The van der Waals surface area contributed by atoms with Crippen molar-refractivity contribution in [2.75, 3.05) is 26.3 Å². The summed E-state index contributed by atoms with van der Waals surface area (Å²) in [6.45, 7) is 3.02. The summed E-state index contributed by atoms with van der Waals surface area (Å²) in [7, 11) is 0. The highest BCUT2D eigenvalue weighted by atomic mass is 16.5. The van der Waals surface area contributed by atoms with E-state index in [1.807, 2.05) is 5.01 Å². The van der Waals surface area contributed by atoms with E-state index in [0.29, 0.717) is 19.3 Å². The maximum atomic E-state index is 12.2. The summed E-state index contributed by atoms with van der Waals surface area (Å²) in [4.78, 5) is 12.2. The number of morpholine rings is 1. The summed E-state index contributed by atoms with van der Waals surface area (Å²) in [6.07, 6.45) is 6.19. The molecule has 1 aliphatic carbocycles. The average molecular weight is 253 g/mol. The molecule has 1 amide bonds. The first-order valence-electron chi connectivity index (χ1n) is 7.22. The van der Waals surface area contributed by atoms with Gasteiger partial charge >= 0.3 is 0 Å². The molecule has 0 spiro atoms. The lowest BCUT2D eigenvalue weighted by molar-refractivity contribution is -0.129. The Labute approximate surface area is 108 Å². The zero-order valence-electron chi connectivity index (χ0n) is 10.9. The van der Waals surface area contributed by atoms with Crippen LogP contribution in [0.4, 0.5) is 0 Å². The molecule has 2 heterocycles. The Morgan fingerprint density at radius 3 is 2.78 bits per heavy atom. The number of fused-ring (bicyclic) bond motifs is 1. The molecule has 3 unspecified atom stereocenters. The van der Waals surface area contributed by atoms with Gasteiger partial charge in [-0.3, -0.25) is 10.2 Å². The maximum Gasteiger partial charge on any atom is 0.251 e. The highest BCUT2D eigenvalue weighted by Crippen LogP contribution is 2.33. The minimum atomic E-state index is 0.0148. The van der Waals surface area contributed by atoms with Crippen molar-refractivity contribution in [3.05, 3.63) is 0 Å². The molecule has 102 valence electrons. The molecule has 5 nitrogen and oxygen atoms in total. The van der Waals surface area contributed by atoms with Gasteiger partial charge in [0, 0.05) is 19.1 Å². The lowest BCUT2D eigenvalue weighted by Crippen LogP contribution is -2.53. The topological polar surface area (TPSA) is 53.6 Å². The summed E-state index contributed by atoms with van der Waals surface area (Å²) < 4.78 is 5.28. The molecule has 0 aromatic heterocycles. The minimum Gasteiger partial charge on any atom is -0.379 e. The second-order valence-corrected chi connectivity index (χ2v) is 5.68. The van der Waals surface area contributed by atoms with Gasteiger partial charge in [0.1, 0.15) is 0 Å². The predicted molar refractivity (Wildman–Crippen MR) is 67.8 cm³/mol. The number of nitrogens with one attached hydrogen (secondary N) is 2. The van der Waals surface area contributed by atoms with Gasteiger partial charge in [-0.05, 0) is 25.2 Å². The Morgan fingerprint density at radius 1 is 1.22 bits per heavy atom. The largest absolute Gasteiger partial charge is 0.379 e. The van der Waals surface area contributed by atoms with E-state index in [9.17, 15) is 4.79 Å². The van der Waals surface area contributed by atoms with Gasteiger partial charge in [0.15, 0.2) is 0 Å². The normalized spacial score (nSPS) is 37.2. The smallest absolute Gasteiger partial charge is 0.251 e. The Morgan fingerprint density at radius 2 is 2.00 bits per heavy atom. The number of nitrogens with zero attached hydrogens (tertiary/aromatic N) is 1. The third-order valence-corrected chi connectivity index (χ3v) is 4.46. The van der Waals surface area contributed by atoms with Crippen LogP contribution >= 0.6 is 0 Å². The van der Waals surface area contributed by atoms with Crippen LogP contribution in [0.25, 0.3) is 0 Å². The van der Waals surface area contributed by atoms with Crippen molar-refractivity contribution >= 4 is 5.91 Å². The number of ether oxygens (including phenoxy) is 1. The molecule has 0 radical (unpaired) electrons. The third-order valence-electron chi connectivity index (χ3n) is 4.46. The second-order valence-electron chi connectivity index (χ2n) is 5.68. The second kappa shape index (κ2) is 5.55. The monoisotopic (exact) mass is 253 g/mol. The SMILES string of the molecule is O=C(NN1CCOCC1)C1CC2CCCCC2N1. The summed E-state index contributed by atoms with van der Waals surface area (Å²) in [5.41, 5.74) is 3.02. The molecule has 0 aromatic rings. The quantitative estimate of drug-likeness (QED) is 0.742. The van der Waals surface area contributed by atoms with Gasteiger partial charge in [-0.2, -0.15) is 0 Å². The molecule has 3 fully saturated rings. The van der Waals surface area contributed by atoms with E-state index in [2.05, 4.69) is 10.7 Å². The molecule has 5 heteroatoms. The van der Waals surface area contributed by atoms with Gasteiger partial charge in [-0.25, -0.2) is 5.01 Å². The highest BCUT2D eigenvalue weighted by Gasteiger charge is 2.38. The molecule has 3 atom stereocenters. The highest BCUT2D eigenvalue weighted by molar-refractivity contribution is 5.81. The number of carbonyl (C=O) groups excluding carboxylic acids is 1. The van der Waals surface area contributed by atoms with Gasteiger partial charge in [0.25, 0.3) is 5.91 Å². The van der Waals surface area contributed by atoms with Crippen molar-refractivity contribution in [2.45, 2.75) is 44.2 Å². The van der Waals surface area contributed by atoms with Crippen molar-refractivity contribution < 1.29 is 9.53 Å². The first-order valence-corrected chi connectivity index (χ1v) is 7.22. The van der Waals surface area contributed by atoms with Crippen molar-refractivity contribution in [1.82, 2.24) is 15.8 Å². The molecule has 3 aliphatic rings. The fraction of sp³-hybridized carbons (Fsp3) is 0.923. The van der Waals surface area contributed by atoms with Gasteiger partial charge < -0.3 is 10.1 Å². The fourth-order valence-corrected chi connectivity index (χ4v) is 3.43. The molecule has 1 saturated carbocycles. The van der Waals surface area contributed by atoms with E-state index in [-0.39, 0.29) is 11.9 Å². The lowest BCUT2D eigenvalue weighted by Gasteiger charge is -2.28. The van der Waals surface area contributed by atoms with Crippen LogP contribution in [0.3, 0.4) is 0 Å². The van der Waals surface area contributed by atoms with Crippen LogP contribution in [0.5, 0.6) is 0 Å². The van der Waals surface area contributed by atoms with E-state index < -0.39 is 0 Å². The van der Waals surface area contributed by atoms with Gasteiger partial charge in [0.2, 0.25) is 0 Å². The molecule has 0 aromatic carbocycles. The van der Waals surface area contributed by atoms with Gasteiger partial charge in [-0.15, -0.1) is 0 Å². The lowest BCUT2D eigenvalue weighted by atomic mass is 9.85. The molecular weight excluding hydrogens is 230 g/mol. The zero-order chi connectivity index (χ0) is 12.4. The summed E-state index contributed by atoms with van der Waals surface area (Å²) in [5, 5.41) is 5.49. The molecule has 2 N–H and O–H groups in total. The van der Waals surface area contributed by atoms with Crippen molar-refractivity contribution in [3.8, 4) is 0 Å². The van der Waals surface area contributed by atoms with Crippen molar-refractivity contribution in [1.29, 1.82) is 0 Å². The van der Waals surface area contributed by atoms with E-state index in [0.717, 1.165) is 25.4 Å². The van der Waals surface area contributed by atoms with Crippen LogP contribution in [-0.4, -0.2) is 49.3 Å². The Balaban J connectivity index is 1.50. The van der Waals surface area contributed by atoms with E-state index in [4.69, 9.17) is 4.74 Å². The molecule has 18 heavy (non-hydrogen) atoms. The molecule has 2 aliphatic heterocycles. The van der Waals surface area contributed by atoms with Gasteiger partial charge in [-0.1, -0.05) is 12.8 Å². The van der Waals surface area contributed by atoms with Crippen LogP contribution in [0.15, 0.2) is 0 Å². The molecule has 3 rings (SSSR count). The summed E-state index contributed by atoms with van der Waals surface area (Å²) in [5.74, 6) is 0.866. The van der Waals surface area contributed by atoms with Crippen LogP contribution in [-0.2, 0) is 9.53 Å². The Hall–Kier alpha value is -0.650. The number of amides is 1. The fourth-order valence-electron chi connectivity index (χ4n) is 3.43. The number of rotatable bonds is 2. The van der Waals surface area contributed by atoms with E-state index >= 15 is 0 Å². The summed E-state index contributed by atoms with van der Waals surface area (Å²) >= 11 is 0. The van der Waals surface area contributed by atoms with Gasteiger partial charge in [0.05, 0.1) is 19.3 Å². The number of hydrazine groups is 1. The van der Waals surface area contributed by atoms with Crippen LogP contribution in [0.2, 0.25) is 0 Å². The molecular formula is C13H23N3O2. The number of hydrogen-bond acceptors (Lipinski definition) is 4. The first-order chi connectivity index (χ1) is 8.83. The third kappa shape index (κ3) is 2.68. The van der Waals surface area contributed by atoms with Crippen LogP contribution in [0, 0.1) is 5.92 Å². The molecule has 2 saturated heterocycles. The predicted octanol–water partition coefficient (Wildman–Crippen LogP) is 0.271. The minimum absolute atomic E-state index is 0.0148. The molecule has 0 bridgehead atoms. The summed E-state index contributed by atoms with van der Waals surface area (Å²) in [6, 6.07) is 0.597. The average Bonchev–Trinajstić information content (AvgIpc) is 2.84. The Kier molecular flexibility index (Phi) is 3.82. The van der Waals surface area contributed by atoms with Crippen LogP contribution < -0.4 is 10.7 Å². The Bertz CT molecular complexity index is 291. The number of carbonyl (C=O) groups is 1. The van der Waals surface area contributed by atoms with E-state index in [1.54, 1.807) is 0 Å². The number of hydrogen-bond donors (Lipinski definition) is 2. The first kappa shape index (κ1) is 12.4. The van der Waals surface area contributed by atoms with Crippen molar-refractivity contribution in [2.24, 2.45) is 5.92 Å². The van der Waals surface area contributed by atoms with Crippen LogP contribution in [0.1, 0.15) is 32.1 Å². The van der Waals surface area contributed by atoms with Crippen molar-refractivity contribution in [3.63, 3.8) is 0 Å². The maximum absolute atomic E-state index is 12.2. The standard InChI is InChI=1S/C13H23N3O2/c17-13(15-16-5-7-18-8-6-16)12-9-10-3-1-2-4-11(10)14-12/h10-12,14H,1-9H2,(H,15,17).